The number of fused-ring (bicyclic) bond motifs is 1. The van der Waals surface area contributed by atoms with Crippen molar-refractivity contribution in [1.29, 1.82) is 0 Å². The molecule has 9 nitrogen and oxygen atoms in total. The lowest BCUT2D eigenvalue weighted by Crippen LogP contribution is -2.40. The molecule has 0 N–H and O–H groups in total. The van der Waals surface area contributed by atoms with Crippen LogP contribution < -0.4 is 19.6 Å². The molecule has 0 bridgehead atoms. The number of esters is 2. The van der Waals surface area contributed by atoms with Gasteiger partial charge in [0.2, 0.25) is 0 Å². The zero-order valence-corrected chi connectivity index (χ0v) is 25.7. The van der Waals surface area contributed by atoms with Gasteiger partial charge in [0.15, 0.2) is 4.80 Å². The number of nitrogens with zero attached hydrogens (tertiary/aromatic N) is 2. The predicted molar refractivity (Wildman–Crippen MR) is 163 cm³/mol. The number of halogens is 1. The summed E-state index contributed by atoms with van der Waals surface area (Å²) in [6.45, 7) is 7.68. The molecule has 5 rings (SSSR count). The van der Waals surface area contributed by atoms with E-state index in [1.807, 2.05) is 19.1 Å². The quantitative estimate of drug-likeness (QED) is 0.246. The van der Waals surface area contributed by atoms with Gasteiger partial charge in [0.25, 0.3) is 5.56 Å². The van der Waals surface area contributed by atoms with E-state index in [9.17, 15) is 14.4 Å². The second kappa shape index (κ2) is 12.4. The maximum Gasteiger partial charge on any atom is 0.338 e. The second-order valence-corrected chi connectivity index (χ2v) is 11.4. The highest BCUT2D eigenvalue weighted by Crippen LogP contribution is 2.32. The smallest absolute Gasteiger partial charge is 0.338 e. The van der Waals surface area contributed by atoms with E-state index in [-0.39, 0.29) is 17.2 Å². The van der Waals surface area contributed by atoms with Gasteiger partial charge >= 0.3 is 11.9 Å². The highest BCUT2D eigenvalue weighted by Gasteiger charge is 2.34. The van der Waals surface area contributed by atoms with Gasteiger partial charge in [-0.3, -0.25) is 9.36 Å². The summed E-state index contributed by atoms with van der Waals surface area (Å²) >= 11 is 7.37. The lowest BCUT2D eigenvalue weighted by molar-refractivity contribution is -0.143. The minimum absolute atomic E-state index is 0.286. The molecule has 2 aromatic carbocycles. The summed E-state index contributed by atoms with van der Waals surface area (Å²) in [7, 11) is 1.30. The van der Waals surface area contributed by atoms with Gasteiger partial charge in [0.05, 0.1) is 47.2 Å². The maximum absolute atomic E-state index is 13.9. The molecule has 2 aromatic heterocycles. The van der Waals surface area contributed by atoms with E-state index in [0.717, 1.165) is 0 Å². The molecule has 0 saturated carbocycles. The number of ether oxygens (including phenoxy) is 3. The van der Waals surface area contributed by atoms with Crippen molar-refractivity contribution in [3.8, 4) is 17.1 Å². The number of thiazole rings is 1. The van der Waals surface area contributed by atoms with Crippen molar-refractivity contribution >= 4 is 41.0 Å². The van der Waals surface area contributed by atoms with Crippen LogP contribution in [0.5, 0.6) is 5.75 Å². The maximum atomic E-state index is 13.9. The second-order valence-electron chi connectivity index (χ2n) is 9.92. The van der Waals surface area contributed by atoms with Crippen LogP contribution in [0, 0.1) is 0 Å². The van der Waals surface area contributed by atoms with Gasteiger partial charge in [-0.25, -0.2) is 14.6 Å². The molecule has 43 heavy (non-hydrogen) atoms. The minimum atomic E-state index is -0.762. The van der Waals surface area contributed by atoms with Crippen molar-refractivity contribution in [2.24, 2.45) is 4.99 Å². The Labute approximate surface area is 256 Å². The summed E-state index contributed by atoms with van der Waals surface area (Å²) in [5.74, 6) is 0.360. The summed E-state index contributed by atoms with van der Waals surface area (Å²) in [6.07, 6.45) is 1.25. The Morgan fingerprint density at radius 1 is 1.12 bits per heavy atom. The van der Waals surface area contributed by atoms with Crippen LogP contribution in [0.1, 0.15) is 55.4 Å². The van der Waals surface area contributed by atoms with Crippen molar-refractivity contribution in [3.05, 3.63) is 107 Å². The van der Waals surface area contributed by atoms with Crippen LogP contribution >= 0.6 is 22.9 Å². The molecule has 0 amide bonds. The van der Waals surface area contributed by atoms with Crippen LogP contribution in [0.15, 0.2) is 80.1 Å². The first-order valence-corrected chi connectivity index (χ1v) is 14.7. The number of carbonyl (C=O) groups excluding carboxylic acids is 2. The molecule has 1 aliphatic rings. The highest BCUT2D eigenvalue weighted by molar-refractivity contribution is 7.07. The molecule has 0 saturated heterocycles. The Balaban J connectivity index is 1.62. The van der Waals surface area contributed by atoms with Gasteiger partial charge in [0, 0.05) is 16.7 Å². The van der Waals surface area contributed by atoms with Crippen LogP contribution in [-0.4, -0.2) is 36.3 Å². The molecule has 0 unspecified atom stereocenters. The first-order valence-electron chi connectivity index (χ1n) is 13.6. The van der Waals surface area contributed by atoms with E-state index in [2.05, 4.69) is 4.99 Å². The Kier molecular flexibility index (Phi) is 8.70. The van der Waals surface area contributed by atoms with Crippen LogP contribution in [0.25, 0.3) is 17.4 Å². The summed E-state index contributed by atoms with van der Waals surface area (Å²) in [5, 5.41) is 0.422. The van der Waals surface area contributed by atoms with E-state index >= 15 is 0 Å². The lowest BCUT2D eigenvalue weighted by atomic mass is 9.96. The van der Waals surface area contributed by atoms with Crippen LogP contribution in [0.4, 0.5) is 0 Å². The van der Waals surface area contributed by atoms with E-state index in [4.69, 9.17) is 30.2 Å². The number of hydrogen-bond donors (Lipinski definition) is 0. The van der Waals surface area contributed by atoms with E-state index < -0.39 is 18.0 Å². The Hall–Kier alpha value is -4.41. The predicted octanol–water partition coefficient (Wildman–Crippen LogP) is 5.29. The highest BCUT2D eigenvalue weighted by atomic mass is 35.5. The Morgan fingerprint density at radius 2 is 1.86 bits per heavy atom. The first kappa shape index (κ1) is 30.1. The van der Waals surface area contributed by atoms with Crippen LogP contribution in [0.3, 0.4) is 0 Å². The number of furan rings is 1. The zero-order chi connectivity index (χ0) is 30.8. The largest absolute Gasteiger partial charge is 0.494 e. The van der Waals surface area contributed by atoms with E-state index in [1.54, 1.807) is 69.3 Å². The number of carbonyl (C=O) groups is 2. The molecular formula is C32H29ClN2O7S. The molecule has 1 atom stereocenters. The molecular weight excluding hydrogens is 592 g/mol. The average molecular weight is 621 g/mol. The average Bonchev–Trinajstić information content (AvgIpc) is 3.56. The molecule has 0 radical (unpaired) electrons. The van der Waals surface area contributed by atoms with Gasteiger partial charge < -0.3 is 18.6 Å². The molecule has 0 aliphatic carbocycles. The molecule has 1 aliphatic heterocycles. The Morgan fingerprint density at radius 3 is 2.53 bits per heavy atom. The number of methoxy groups -OCH3 is 1. The van der Waals surface area contributed by atoms with Crippen molar-refractivity contribution < 1.29 is 28.2 Å². The topological polar surface area (TPSA) is 109 Å². The van der Waals surface area contributed by atoms with Gasteiger partial charge in [-0.2, -0.15) is 0 Å². The molecule has 0 spiro atoms. The van der Waals surface area contributed by atoms with Crippen molar-refractivity contribution in [3.63, 3.8) is 0 Å². The summed E-state index contributed by atoms with van der Waals surface area (Å²) in [6, 6.07) is 14.7. The van der Waals surface area contributed by atoms with Crippen LogP contribution in [0.2, 0.25) is 5.02 Å². The molecule has 3 heterocycles. The third kappa shape index (κ3) is 6.07. The number of aromatic nitrogens is 1. The van der Waals surface area contributed by atoms with Gasteiger partial charge in [0.1, 0.15) is 17.3 Å². The number of hydrogen-bond acceptors (Lipinski definition) is 9. The molecule has 222 valence electrons. The zero-order valence-electron chi connectivity index (χ0n) is 24.2. The number of benzene rings is 2. The summed E-state index contributed by atoms with van der Waals surface area (Å²) in [5.41, 5.74) is 1.86. The van der Waals surface area contributed by atoms with Crippen LogP contribution in [-0.2, 0) is 14.3 Å². The van der Waals surface area contributed by atoms with E-state index in [0.29, 0.717) is 60.6 Å². The lowest BCUT2D eigenvalue weighted by Gasteiger charge is -2.25. The fraction of sp³-hybridized carbons (Fsp3) is 0.250. The molecule has 11 heteroatoms. The first-order chi connectivity index (χ1) is 20.6. The summed E-state index contributed by atoms with van der Waals surface area (Å²) < 4.78 is 23.9. The molecule has 0 fully saturated rings. The third-order valence-electron chi connectivity index (χ3n) is 6.64. The molecule has 4 aromatic rings. The normalized spacial score (nSPS) is 14.9. The Bertz CT molecular complexity index is 1920. The SMILES string of the molecule is CCOc1ccc([C@@H]2C(C(=O)OC(C)C)=C(C)N=c3s/c(=C\c4ccc(-c5cc(Cl)ccc5C(=O)OC)o4)c(=O)n32)cc1. The van der Waals surface area contributed by atoms with Gasteiger partial charge in [-0.15, -0.1) is 0 Å². The fourth-order valence-corrected chi connectivity index (χ4v) is 6.00. The third-order valence-corrected chi connectivity index (χ3v) is 7.86. The van der Waals surface area contributed by atoms with Crippen molar-refractivity contribution in [1.82, 2.24) is 4.57 Å². The van der Waals surface area contributed by atoms with Crippen molar-refractivity contribution in [2.45, 2.75) is 39.8 Å². The minimum Gasteiger partial charge on any atom is -0.494 e. The fourth-order valence-electron chi connectivity index (χ4n) is 4.80. The van der Waals surface area contributed by atoms with Gasteiger partial charge in [-0.05, 0) is 75.7 Å². The van der Waals surface area contributed by atoms with E-state index in [1.165, 1.54) is 23.0 Å². The van der Waals surface area contributed by atoms with Crippen molar-refractivity contribution in [2.75, 3.05) is 13.7 Å². The standard InChI is InChI=1S/C32H29ClN2O7S/c1-6-40-21-10-7-19(8-11-21)28-27(31(38)41-17(2)3)18(4)34-32-35(28)29(36)26(43-32)16-22-12-14-25(42-22)24-15-20(33)9-13-23(24)30(37)39-5/h7-17,28H,6H2,1-5H3/b26-16-/t28-/m1/s1. The van der Waals surface area contributed by atoms with Gasteiger partial charge in [-0.1, -0.05) is 35.1 Å². The monoisotopic (exact) mass is 620 g/mol. The number of allylic oxidation sites excluding steroid dienone is 1. The summed E-state index contributed by atoms with van der Waals surface area (Å²) in [4.78, 5) is 44.6. The number of rotatable bonds is 8.